The molecule has 0 aliphatic carbocycles. The minimum absolute atomic E-state index is 0.0555. The Hall–Kier alpha value is -1.36. The van der Waals surface area contributed by atoms with Gasteiger partial charge in [-0.05, 0) is 29.7 Å². The fourth-order valence-corrected chi connectivity index (χ4v) is 2.53. The number of hydrogen-bond acceptors (Lipinski definition) is 2. The van der Waals surface area contributed by atoms with Crippen LogP contribution in [-0.4, -0.2) is 18.4 Å². The van der Waals surface area contributed by atoms with E-state index in [-0.39, 0.29) is 24.2 Å². The number of anilines is 1. The first kappa shape index (κ1) is 14.1. The molecule has 1 fully saturated rings. The molecule has 1 aromatic carbocycles. The summed E-state index contributed by atoms with van der Waals surface area (Å²) in [7, 11) is 0. The molecule has 5 heteroatoms. The van der Waals surface area contributed by atoms with Crippen molar-refractivity contribution in [2.24, 2.45) is 5.92 Å². The van der Waals surface area contributed by atoms with Crippen molar-refractivity contribution < 1.29 is 9.59 Å². The third kappa shape index (κ3) is 3.35. The quantitative estimate of drug-likeness (QED) is 0.898. The van der Waals surface area contributed by atoms with Crippen LogP contribution in [-0.2, 0) is 9.59 Å². The number of rotatable bonds is 3. The Morgan fingerprint density at radius 3 is 2.79 bits per heavy atom. The monoisotopic (exact) mass is 324 g/mol. The van der Waals surface area contributed by atoms with Gasteiger partial charge in [0.25, 0.3) is 0 Å². The number of carbonyl (C=O) groups is 2. The molecule has 102 valence electrons. The summed E-state index contributed by atoms with van der Waals surface area (Å²) in [5.74, 6) is -0.102. The Kier molecular flexibility index (Phi) is 4.24. The summed E-state index contributed by atoms with van der Waals surface area (Å²) in [6, 6.07) is 5.80. The minimum Gasteiger partial charge on any atom is -0.355 e. The van der Waals surface area contributed by atoms with Gasteiger partial charge in [0.2, 0.25) is 11.8 Å². The highest BCUT2D eigenvalue weighted by atomic mass is 79.9. The number of halogens is 1. The Balaban J connectivity index is 2.14. The topological polar surface area (TPSA) is 58.2 Å². The standard InChI is InChI=1S/C14H17BrN2O2/c1-8(2)11-6-10(15)3-4-12(11)17-14(19)9-5-13(18)16-7-9/h3-4,6,8-9H,5,7H2,1-2H3,(H,16,18)(H,17,19)/t9-/m0/s1. The van der Waals surface area contributed by atoms with E-state index >= 15 is 0 Å². The van der Waals surface area contributed by atoms with Gasteiger partial charge in [-0.3, -0.25) is 9.59 Å². The van der Waals surface area contributed by atoms with Gasteiger partial charge >= 0.3 is 0 Å². The van der Waals surface area contributed by atoms with Crippen molar-refractivity contribution in [3.63, 3.8) is 0 Å². The second-order valence-corrected chi connectivity index (χ2v) is 6.00. The van der Waals surface area contributed by atoms with E-state index in [1.165, 1.54) is 0 Å². The van der Waals surface area contributed by atoms with Crippen molar-refractivity contribution in [2.75, 3.05) is 11.9 Å². The molecule has 2 rings (SSSR count). The molecular weight excluding hydrogens is 308 g/mol. The van der Waals surface area contributed by atoms with Crippen molar-refractivity contribution in [1.29, 1.82) is 0 Å². The number of hydrogen-bond donors (Lipinski definition) is 2. The molecule has 2 amide bonds. The summed E-state index contributed by atoms with van der Waals surface area (Å²) in [4.78, 5) is 23.2. The van der Waals surface area contributed by atoms with Crippen LogP contribution in [0.4, 0.5) is 5.69 Å². The van der Waals surface area contributed by atoms with Gasteiger partial charge in [0.1, 0.15) is 0 Å². The van der Waals surface area contributed by atoms with E-state index in [4.69, 9.17) is 0 Å². The van der Waals surface area contributed by atoms with Gasteiger partial charge in [0.15, 0.2) is 0 Å². The molecule has 2 N–H and O–H groups in total. The zero-order chi connectivity index (χ0) is 14.0. The number of benzene rings is 1. The van der Waals surface area contributed by atoms with Crippen LogP contribution in [0.2, 0.25) is 0 Å². The number of carbonyl (C=O) groups excluding carboxylic acids is 2. The van der Waals surface area contributed by atoms with E-state index in [9.17, 15) is 9.59 Å². The van der Waals surface area contributed by atoms with Crippen LogP contribution in [0, 0.1) is 5.92 Å². The van der Waals surface area contributed by atoms with Gasteiger partial charge in [-0.2, -0.15) is 0 Å². The van der Waals surface area contributed by atoms with E-state index in [1.54, 1.807) is 0 Å². The molecule has 1 heterocycles. The van der Waals surface area contributed by atoms with Gasteiger partial charge < -0.3 is 10.6 Å². The van der Waals surface area contributed by atoms with Crippen LogP contribution in [0.1, 0.15) is 31.7 Å². The molecule has 1 aliphatic heterocycles. The van der Waals surface area contributed by atoms with Crippen molar-refractivity contribution in [2.45, 2.75) is 26.2 Å². The SMILES string of the molecule is CC(C)c1cc(Br)ccc1NC(=O)[C@@H]1CNC(=O)C1. The minimum atomic E-state index is -0.267. The maximum Gasteiger partial charge on any atom is 0.229 e. The molecule has 1 saturated heterocycles. The van der Waals surface area contributed by atoms with Crippen LogP contribution in [0.3, 0.4) is 0 Å². The van der Waals surface area contributed by atoms with Crippen molar-refractivity contribution in [3.05, 3.63) is 28.2 Å². The number of amides is 2. The average Bonchev–Trinajstić information content (AvgIpc) is 2.78. The lowest BCUT2D eigenvalue weighted by Crippen LogP contribution is -2.25. The third-order valence-electron chi connectivity index (χ3n) is 3.24. The predicted molar refractivity (Wildman–Crippen MR) is 78.0 cm³/mol. The zero-order valence-electron chi connectivity index (χ0n) is 11.0. The van der Waals surface area contributed by atoms with E-state index < -0.39 is 0 Å². The molecule has 19 heavy (non-hydrogen) atoms. The Labute approximate surface area is 121 Å². The van der Waals surface area contributed by atoms with Crippen molar-refractivity contribution in [3.8, 4) is 0 Å². The third-order valence-corrected chi connectivity index (χ3v) is 3.73. The Morgan fingerprint density at radius 1 is 1.47 bits per heavy atom. The van der Waals surface area contributed by atoms with Gasteiger partial charge in [-0.1, -0.05) is 29.8 Å². The van der Waals surface area contributed by atoms with E-state index in [0.717, 1.165) is 15.7 Å². The summed E-state index contributed by atoms with van der Waals surface area (Å²) in [6.07, 6.45) is 0.277. The average molecular weight is 325 g/mol. The molecule has 1 aliphatic rings. The maximum absolute atomic E-state index is 12.1. The highest BCUT2D eigenvalue weighted by Gasteiger charge is 2.28. The molecule has 1 atom stereocenters. The van der Waals surface area contributed by atoms with Gasteiger partial charge in [-0.25, -0.2) is 0 Å². The first-order valence-corrected chi connectivity index (χ1v) is 7.13. The first-order chi connectivity index (χ1) is 8.97. The first-order valence-electron chi connectivity index (χ1n) is 6.34. The molecule has 0 bridgehead atoms. The second kappa shape index (κ2) is 5.74. The largest absolute Gasteiger partial charge is 0.355 e. The highest BCUT2D eigenvalue weighted by molar-refractivity contribution is 9.10. The fourth-order valence-electron chi connectivity index (χ4n) is 2.15. The molecule has 0 saturated carbocycles. The van der Waals surface area contributed by atoms with E-state index in [1.807, 2.05) is 18.2 Å². The molecule has 0 radical (unpaired) electrons. The van der Waals surface area contributed by atoms with E-state index in [2.05, 4.69) is 40.4 Å². The molecule has 0 unspecified atom stereocenters. The lowest BCUT2D eigenvalue weighted by Gasteiger charge is -2.16. The summed E-state index contributed by atoms with van der Waals surface area (Å²) >= 11 is 3.44. The van der Waals surface area contributed by atoms with Gasteiger partial charge in [0, 0.05) is 23.1 Å². The Bertz CT molecular complexity index is 514. The summed E-state index contributed by atoms with van der Waals surface area (Å²) in [6.45, 7) is 4.59. The second-order valence-electron chi connectivity index (χ2n) is 5.08. The van der Waals surface area contributed by atoms with Crippen LogP contribution < -0.4 is 10.6 Å². The molecule has 4 nitrogen and oxygen atoms in total. The summed E-state index contributed by atoms with van der Waals surface area (Å²) < 4.78 is 0.993. The summed E-state index contributed by atoms with van der Waals surface area (Å²) in [5, 5.41) is 5.61. The summed E-state index contributed by atoms with van der Waals surface area (Å²) in [5.41, 5.74) is 1.91. The maximum atomic E-state index is 12.1. The molecule has 0 spiro atoms. The van der Waals surface area contributed by atoms with Crippen molar-refractivity contribution in [1.82, 2.24) is 5.32 Å². The van der Waals surface area contributed by atoms with Crippen LogP contribution in [0.5, 0.6) is 0 Å². The smallest absolute Gasteiger partial charge is 0.229 e. The lowest BCUT2D eigenvalue weighted by atomic mass is 10.0. The van der Waals surface area contributed by atoms with E-state index in [0.29, 0.717) is 12.5 Å². The normalized spacial score (nSPS) is 18.5. The zero-order valence-corrected chi connectivity index (χ0v) is 12.6. The highest BCUT2D eigenvalue weighted by Crippen LogP contribution is 2.28. The van der Waals surface area contributed by atoms with Gasteiger partial charge in [-0.15, -0.1) is 0 Å². The van der Waals surface area contributed by atoms with Crippen LogP contribution in [0.15, 0.2) is 22.7 Å². The molecule has 0 aromatic heterocycles. The molecule has 1 aromatic rings. The lowest BCUT2D eigenvalue weighted by molar-refractivity contribution is -0.123. The van der Waals surface area contributed by atoms with Crippen LogP contribution >= 0.6 is 15.9 Å². The van der Waals surface area contributed by atoms with Gasteiger partial charge in [0.05, 0.1) is 5.92 Å². The molecular formula is C14H17BrN2O2. The van der Waals surface area contributed by atoms with Crippen LogP contribution in [0.25, 0.3) is 0 Å². The number of nitrogens with one attached hydrogen (secondary N) is 2. The fraction of sp³-hybridized carbons (Fsp3) is 0.429. The predicted octanol–water partition coefficient (Wildman–Crippen LogP) is 2.65. The van der Waals surface area contributed by atoms with Crippen molar-refractivity contribution >= 4 is 33.4 Å². The Morgan fingerprint density at radius 2 is 2.21 bits per heavy atom.